The summed E-state index contributed by atoms with van der Waals surface area (Å²) in [4.78, 5) is 4.67. The number of sulfone groups is 1. The third kappa shape index (κ3) is 3.02. The lowest BCUT2D eigenvalue weighted by Gasteiger charge is -2.00. The molecule has 1 aromatic heterocycles. The molecule has 0 saturated heterocycles. The van der Waals surface area contributed by atoms with Gasteiger partial charge in [-0.2, -0.15) is 0 Å². The quantitative estimate of drug-likeness (QED) is 0.515. The molecule has 26 heavy (non-hydrogen) atoms. The molecule has 0 aliphatic carbocycles. The number of hydrogen-bond acceptors (Lipinski definition) is 4. The van der Waals surface area contributed by atoms with Crippen LogP contribution in [-0.4, -0.2) is 19.2 Å². The number of oxazole rings is 1. The van der Waals surface area contributed by atoms with Crippen molar-refractivity contribution in [3.05, 3.63) is 72.1 Å². The van der Waals surface area contributed by atoms with E-state index in [1.54, 1.807) is 31.2 Å². The fraction of sp³-hybridized carbons (Fsp3) is 0.0952. The van der Waals surface area contributed by atoms with Crippen LogP contribution in [0, 0.1) is 0 Å². The van der Waals surface area contributed by atoms with Crippen molar-refractivity contribution in [1.82, 2.24) is 4.98 Å². The summed E-state index contributed by atoms with van der Waals surface area (Å²) in [5, 5.41) is 2.32. The van der Waals surface area contributed by atoms with Crippen LogP contribution in [-0.2, 0) is 9.84 Å². The third-order valence-electron chi connectivity index (χ3n) is 4.34. The van der Waals surface area contributed by atoms with Crippen LogP contribution in [0.2, 0.25) is 0 Å². The van der Waals surface area contributed by atoms with Gasteiger partial charge >= 0.3 is 0 Å². The summed E-state index contributed by atoms with van der Waals surface area (Å²) in [5.41, 5.74) is 2.18. The highest BCUT2D eigenvalue weighted by atomic mass is 32.2. The second kappa shape index (κ2) is 6.42. The van der Waals surface area contributed by atoms with E-state index < -0.39 is 9.84 Å². The Bertz CT molecular complexity index is 1230. The zero-order valence-electron chi connectivity index (χ0n) is 14.2. The lowest BCUT2D eigenvalue weighted by atomic mass is 10.0. The van der Waals surface area contributed by atoms with Crippen molar-refractivity contribution in [2.45, 2.75) is 11.8 Å². The highest BCUT2D eigenvalue weighted by Gasteiger charge is 2.14. The topological polar surface area (TPSA) is 60.2 Å². The number of aromatic nitrogens is 1. The summed E-state index contributed by atoms with van der Waals surface area (Å²) in [5.74, 6) is 0.503. The maximum Gasteiger partial charge on any atom is 0.220 e. The van der Waals surface area contributed by atoms with Crippen LogP contribution in [0.25, 0.3) is 34.0 Å². The lowest BCUT2D eigenvalue weighted by molar-refractivity contribution is 0.589. The SMILES string of the molecule is CCS(=O)(=O)c1ccc2oc(/C=C/c3cccc4ccccc34)nc2c1. The van der Waals surface area contributed by atoms with Crippen LogP contribution < -0.4 is 0 Å². The molecule has 0 saturated carbocycles. The fourth-order valence-electron chi connectivity index (χ4n) is 2.91. The monoisotopic (exact) mass is 363 g/mol. The predicted molar refractivity (Wildman–Crippen MR) is 105 cm³/mol. The van der Waals surface area contributed by atoms with Crippen LogP contribution in [0.4, 0.5) is 0 Å². The summed E-state index contributed by atoms with van der Waals surface area (Å²) in [6.07, 6.45) is 3.76. The van der Waals surface area contributed by atoms with E-state index in [-0.39, 0.29) is 10.6 Å². The summed E-state index contributed by atoms with van der Waals surface area (Å²) in [6.45, 7) is 1.63. The Balaban J connectivity index is 1.72. The number of rotatable bonds is 4. The molecule has 4 aromatic rings. The van der Waals surface area contributed by atoms with Gasteiger partial charge in [-0.15, -0.1) is 0 Å². The van der Waals surface area contributed by atoms with Crippen LogP contribution in [0.3, 0.4) is 0 Å². The van der Waals surface area contributed by atoms with Crippen molar-refractivity contribution in [2.75, 3.05) is 5.75 Å². The Kier molecular flexibility index (Phi) is 4.09. The van der Waals surface area contributed by atoms with Crippen molar-refractivity contribution < 1.29 is 12.8 Å². The Hall–Kier alpha value is -2.92. The zero-order valence-corrected chi connectivity index (χ0v) is 15.0. The predicted octanol–water partition coefficient (Wildman–Crippen LogP) is 4.95. The number of hydrogen-bond donors (Lipinski definition) is 0. The average Bonchev–Trinajstić information content (AvgIpc) is 3.08. The molecule has 0 unspecified atom stereocenters. The smallest absolute Gasteiger partial charge is 0.220 e. The van der Waals surface area contributed by atoms with Gasteiger partial charge in [0.1, 0.15) is 5.52 Å². The minimum absolute atomic E-state index is 0.0597. The molecule has 0 bridgehead atoms. The van der Waals surface area contributed by atoms with E-state index in [0.717, 1.165) is 10.9 Å². The molecule has 130 valence electrons. The standard InChI is InChI=1S/C21H17NO3S/c1-2-26(23,24)17-11-12-20-19(14-17)22-21(25-20)13-10-16-8-5-7-15-6-3-4-9-18(15)16/h3-14H,2H2,1H3/b13-10+. The summed E-state index contributed by atoms with van der Waals surface area (Å²) >= 11 is 0. The van der Waals surface area contributed by atoms with Crippen LogP contribution in [0.1, 0.15) is 18.4 Å². The Morgan fingerprint density at radius 3 is 2.65 bits per heavy atom. The zero-order chi connectivity index (χ0) is 18.1. The first-order valence-electron chi connectivity index (χ1n) is 8.36. The first-order valence-corrected chi connectivity index (χ1v) is 10.0. The van der Waals surface area contributed by atoms with Crippen molar-refractivity contribution in [2.24, 2.45) is 0 Å². The van der Waals surface area contributed by atoms with Crippen LogP contribution in [0.5, 0.6) is 0 Å². The first kappa shape index (κ1) is 16.5. The van der Waals surface area contributed by atoms with Gasteiger partial charge in [-0.25, -0.2) is 13.4 Å². The highest BCUT2D eigenvalue weighted by Crippen LogP contribution is 2.23. The minimum atomic E-state index is -3.26. The van der Waals surface area contributed by atoms with Gasteiger partial charge in [-0.3, -0.25) is 0 Å². The van der Waals surface area contributed by atoms with Crippen LogP contribution in [0.15, 0.2) is 70.0 Å². The molecule has 0 fully saturated rings. The summed E-state index contributed by atoms with van der Waals surface area (Å²) < 4.78 is 29.7. The minimum Gasteiger partial charge on any atom is -0.437 e. The molecule has 0 N–H and O–H groups in total. The van der Waals surface area contributed by atoms with Gasteiger partial charge < -0.3 is 4.42 Å². The fourth-order valence-corrected chi connectivity index (χ4v) is 3.81. The molecule has 0 atom stereocenters. The van der Waals surface area contributed by atoms with E-state index >= 15 is 0 Å². The van der Waals surface area contributed by atoms with E-state index in [4.69, 9.17) is 4.42 Å². The van der Waals surface area contributed by atoms with Crippen molar-refractivity contribution in [1.29, 1.82) is 0 Å². The normalized spacial score (nSPS) is 12.3. The van der Waals surface area contributed by atoms with Gasteiger partial charge in [0.05, 0.1) is 10.6 Å². The Labute approximate surface area is 151 Å². The maximum atomic E-state index is 12.0. The van der Waals surface area contributed by atoms with Gasteiger partial charge in [-0.1, -0.05) is 49.4 Å². The Morgan fingerprint density at radius 1 is 1.00 bits per heavy atom. The average molecular weight is 363 g/mol. The van der Waals surface area contributed by atoms with Crippen molar-refractivity contribution >= 4 is 43.9 Å². The molecular formula is C21H17NO3S. The second-order valence-electron chi connectivity index (χ2n) is 5.99. The maximum absolute atomic E-state index is 12.0. The van der Waals surface area contributed by atoms with E-state index in [2.05, 4.69) is 23.2 Å². The molecule has 0 radical (unpaired) electrons. The van der Waals surface area contributed by atoms with Crippen molar-refractivity contribution in [3.63, 3.8) is 0 Å². The number of nitrogens with zero attached hydrogens (tertiary/aromatic N) is 1. The number of benzene rings is 3. The van der Waals surface area contributed by atoms with E-state index in [1.807, 2.05) is 30.3 Å². The molecule has 5 heteroatoms. The van der Waals surface area contributed by atoms with Crippen LogP contribution >= 0.6 is 0 Å². The summed E-state index contributed by atoms with van der Waals surface area (Å²) in [7, 11) is -3.26. The van der Waals surface area contributed by atoms with E-state index in [9.17, 15) is 8.42 Å². The molecule has 1 heterocycles. The Morgan fingerprint density at radius 2 is 1.81 bits per heavy atom. The molecule has 0 spiro atoms. The summed E-state index contributed by atoms with van der Waals surface area (Å²) in [6, 6.07) is 19.1. The largest absolute Gasteiger partial charge is 0.437 e. The molecular weight excluding hydrogens is 346 g/mol. The molecule has 0 aliphatic rings. The van der Waals surface area contributed by atoms with Gasteiger partial charge in [0.15, 0.2) is 15.4 Å². The highest BCUT2D eigenvalue weighted by molar-refractivity contribution is 7.91. The van der Waals surface area contributed by atoms with E-state index in [0.29, 0.717) is 17.0 Å². The lowest BCUT2D eigenvalue weighted by Crippen LogP contribution is -2.03. The van der Waals surface area contributed by atoms with Gasteiger partial charge in [-0.05, 0) is 40.6 Å². The molecule has 0 amide bonds. The molecule has 0 aliphatic heterocycles. The first-order chi connectivity index (χ1) is 12.6. The molecule has 4 rings (SSSR count). The molecule has 3 aromatic carbocycles. The number of fused-ring (bicyclic) bond motifs is 2. The van der Waals surface area contributed by atoms with Crippen molar-refractivity contribution in [3.8, 4) is 0 Å². The van der Waals surface area contributed by atoms with Gasteiger partial charge in [0, 0.05) is 6.08 Å². The second-order valence-corrected chi connectivity index (χ2v) is 8.27. The molecule has 4 nitrogen and oxygen atoms in total. The third-order valence-corrected chi connectivity index (χ3v) is 6.08. The van der Waals surface area contributed by atoms with Gasteiger partial charge in [0.2, 0.25) is 5.89 Å². The van der Waals surface area contributed by atoms with Gasteiger partial charge in [0.25, 0.3) is 0 Å². The van der Waals surface area contributed by atoms with E-state index in [1.165, 1.54) is 5.39 Å².